The number of aromatic amines is 1. The Hall–Kier alpha value is -2.94. The van der Waals surface area contributed by atoms with Crippen molar-refractivity contribution in [2.75, 3.05) is 50.4 Å². The number of nitrogens with one attached hydrogen (secondary N) is 1. The molecule has 3 rings (SSSR count). The van der Waals surface area contributed by atoms with Crippen molar-refractivity contribution in [3.8, 4) is 0 Å². The van der Waals surface area contributed by atoms with E-state index < -0.39 is 0 Å². The molecule has 27 heavy (non-hydrogen) atoms. The summed E-state index contributed by atoms with van der Waals surface area (Å²) < 4.78 is 13.0. The summed E-state index contributed by atoms with van der Waals surface area (Å²) >= 11 is 0. The second-order valence-corrected chi connectivity index (χ2v) is 6.66. The Kier molecular flexibility index (Phi) is 5.70. The van der Waals surface area contributed by atoms with Crippen LogP contribution in [0.3, 0.4) is 0 Å². The quantitative estimate of drug-likeness (QED) is 0.780. The van der Waals surface area contributed by atoms with Gasteiger partial charge in [0.1, 0.15) is 11.6 Å². The van der Waals surface area contributed by atoms with Gasteiger partial charge in [0.05, 0.1) is 6.54 Å². The van der Waals surface area contributed by atoms with E-state index in [1.807, 2.05) is 16.8 Å². The van der Waals surface area contributed by atoms with Gasteiger partial charge in [-0.15, -0.1) is 0 Å². The van der Waals surface area contributed by atoms with Gasteiger partial charge in [0.2, 0.25) is 11.9 Å². The number of aromatic nitrogens is 2. The predicted octanol–water partition coefficient (Wildman–Crippen LogP) is 0.272. The second-order valence-electron chi connectivity index (χ2n) is 6.66. The van der Waals surface area contributed by atoms with E-state index in [-0.39, 0.29) is 29.8 Å². The number of rotatable bonds is 5. The van der Waals surface area contributed by atoms with Gasteiger partial charge in [0.25, 0.3) is 5.56 Å². The van der Waals surface area contributed by atoms with E-state index in [9.17, 15) is 14.0 Å². The zero-order valence-corrected chi connectivity index (χ0v) is 15.2. The van der Waals surface area contributed by atoms with Crippen molar-refractivity contribution in [3.05, 3.63) is 52.1 Å². The normalized spacial score (nSPS) is 14.6. The van der Waals surface area contributed by atoms with E-state index in [0.717, 1.165) is 5.56 Å². The van der Waals surface area contributed by atoms with E-state index >= 15 is 0 Å². The van der Waals surface area contributed by atoms with E-state index in [2.05, 4.69) is 9.97 Å². The molecule has 9 heteroatoms. The Morgan fingerprint density at radius 2 is 1.93 bits per heavy atom. The minimum Gasteiger partial charge on any atom is -0.369 e. The molecule has 0 unspecified atom stereocenters. The molecule has 0 bridgehead atoms. The van der Waals surface area contributed by atoms with E-state index in [1.54, 1.807) is 17.0 Å². The number of H-pyrrole nitrogens is 1. The third-order valence-corrected chi connectivity index (χ3v) is 4.47. The summed E-state index contributed by atoms with van der Waals surface area (Å²) in [6.45, 7) is 3.14. The SMILES string of the molecule is CN(CC(=O)N1CCN(c2cc(=O)[nH]c(N)n2)CC1)Cc1ccc(F)cc1. The van der Waals surface area contributed by atoms with Gasteiger partial charge in [-0.2, -0.15) is 4.98 Å². The van der Waals surface area contributed by atoms with E-state index in [1.165, 1.54) is 18.2 Å². The first kappa shape index (κ1) is 18.8. The summed E-state index contributed by atoms with van der Waals surface area (Å²) in [5.74, 6) is 0.375. The number of halogens is 1. The Labute approximate surface area is 156 Å². The molecule has 1 amide bonds. The number of amides is 1. The van der Waals surface area contributed by atoms with Gasteiger partial charge in [-0.1, -0.05) is 12.1 Å². The minimum atomic E-state index is -0.293. The summed E-state index contributed by atoms with van der Waals surface area (Å²) in [5, 5.41) is 0. The fraction of sp³-hybridized carbons (Fsp3) is 0.389. The number of hydrogen-bond acceptors (Lipinski definition) is 6. The summed E-state index contributed by atoms with van der Waals surface area (Å²) in [6.07, 6.45) is 0. The molecule has 1 saturated heterocycles. The van der Waals surface area contributed by atoms with Gasteiger partial charge in [-0.25, -0.2) is 4.39 Å². The number of nitrogens with two attached hydrogens (primary N) is 1. The Morgan fingerprint density at radius 3 is 2.56 bits per heavy atom. The van der Waals surface area contributed by atoms with Gasteiger partial charge in [-0.3, -0.25) is 19.5 Å². The number of carbonyl (C=O) groups excluding carboxylic acids is 1. The molecule has 1 fully saturated rings. The van der Waals surface area contributed by atoms with Crippen molar-refractivity contribution in [2.45, 2.75) is 6.54 Å². The van der Waals surface area contributed by atoms with Crippen LogP contribution in [0, 0.1) is 5.82 Å². The molecule has 0 atom stereocenters. The first-order valence-electron chi connectivity index (χ1n) is 8.73. The molecule has 3 N–H and O–H groups in total. The molecule has 144 valence electrons. The smallest absolute Gasteiger partial charge is 0.254 e. The van der Waals surface area contributed by atoms with Crippen LogP contribution in [0.15, 0.2) is 35.1 Å². The number of carbonyl (C=O) groups is 1. The lowest BCUT2D eigenvalue weighted by Gasteiger charge is -2.36. The average molecular weight is 374 g/mol. The lowest BCUT2D eigenvalue weighted by atomic mass is 10.2. The van der Waals surface area contributed by atoms with Crippen molar-refractivity contribution < 1.29 is 9.18 Å². The molecule has 2 heterocycles. The number of benzene rings is 1. The van der Waals surface area contributed by atoms with Crippen molar-refractivity contribution >= 4 is 17.7 Å². The molecular weight excluding hydrogens is 351 g/mol. The molecule has 1 aromatic carbocycles. The van der Waals surface area contributed by atoms with Crippen molar-refractivity contribution in [1.29, 1.82) is 0 Å². The average Bonchev–Trinajstić information content (AvgIpc) is 2.63. The zero-order chi connectivity index (χ0) is 19.4. The third kappa shape index (κ3) is 5.04. The number of piperazine rings is 1. The van der Waals surface area contributed by atoms with Crippen LogP contribution in [0.5, 0.6) is 0 Å². The molecule has 2 aromatic rings. The standard InChI is InChI=1S/C18H23FN6O2/c1-23(11-13-2-4-14(19)5-3-13)12-17(27)25-8-6-24(7-9-25)15-10-16(26)22-18(20)21-15/h2-5,10H,6-9,11-12H2,1H3,(H3,20,21,22,26). The third-order valence-electron chi connectivity index (χ3n) is 4.47. The number of nitrogen functional groups attached to an aromatic ring is 1. The summed E-state index contributed by atoms with van der Waals surface area (Å²) in [7, 11) is 1.86. The molecule has 8 nitrogen and oxygen atoms in total. The topological polar surface area (TPSA) is 98.6 Å². The van der Waals surface area contributed by atoms with Crippen LogP contribution in [-0.4, -0.2) is 65.4 Å². The van der Waals surface area contributed by atoms with E-state index in [4.69, 9.17) is 5.73 Å². The number of anilines is 2. The highest BCUT2D eigenvalue weighted by Gasteiger charge is 2.23. The molecule has 1 aliphatic rings. The highest BCUT2D eigenvalue weighted by Crippen LogP contribution is 2.13. The number of likely N-dealkylation sites (N-methyl/N-ethyl adjacent to an activating group) is 1. The van der Waals surface area contributed by atoms with Gasteiger partial charge in [-0.05, 0) is 24.7 Å². The summed E-state index contributed by atoms with van der Waals surface area (Å²) in [5.41, 5.74) is 6.24. The Morgan fingerprint density at radius 1 is 1.26 bits per heavy atom. The molecule has 0 aliphatic carbocycles. The van der Waals surface area contributed by atoms with Gasteiger partial charge < -0.3 is 15.5 Å². The van der Waals surface area contributed by atoms with Gasteiger partial charge in [0.15, 0.2) is 0 Å². The summed E-state index contributed by atoms with van der Waals surface area (Å²) in [4.78, 5) is 36.2. The maximum Gasteiger partial charge on any atom is 0.254 e. The van der Waals surface area contributed by atoms with Crippen LogP contribution >= 0.6 is 0 Å². The van der Waals surface area contributed by atoms with Crippen LogP contribution in [0.2, 0.25) is 0 Å². The predicted molar refractivity (Wildman–Crippen MR) is 101 cm³/mol. The van der Waals surface area contributed by atoms with Gasteiger partial charge in [0, 0.05) is 38.8 Å². The molecule has 1 aliphatic heterocycles. The maximum absolute atomic E-state index is 13.0. The first-order chi connectivity index (χ1) is 12.9. The van der Waals surface area contributed by atoms with Crippen LogP contribution in [0.25, 0.3) is 0 Å². The summed E-state index contributed by atoms with van der Waals surface area (Å²) in [6, 6.07) is 7.67. The Bertz CT molecular complexity index is 846. The van der Waals surface area contributed by atoms with Crippen LogP contribution < -0.4 is 16.2 Å². The maximum atomic E-state index is 13.0. The minimum absolute atomic E-state index is 0.0395. The molecule has 0 saturated carbocycles. The second kappa shape index (κ2) is 8.17. The fourth-order valence-corrected chi connectivity index (χ4v) is 3.10. The lowest BCUT2D eigenvalue weighted by molar-refractivity contribution is -0.132. The zero-order valence-electron chi connectivity index (χ0n) is 15.2. The van der Waals surface area contributed by atoms with Gasteiger partial charge >= 0.3 is 0 Å². The molecule has 1 aromatic heterocycles. The van der Waals surface area contributed by atoms with Crippen LogP contribution in [0.1, 0.15) is 5.56 Å². The van der Waals surface area contributed by atoms with Crippen molar-refractivity contribution in [3.63, 3.8) is 0 Å². The highest BCUT2D eigenvalue weighted by atomic mass is 19.1. The van der Waals surface area contributed by atoms with Crippen LogP contribution in [-0.2, 0) is 11.3 Å². The molecular formula is C18H23FN6O2. The van der Waals surface area contributed by atoms with E-state index in [0.29, 0.717) is 38.5 Å². The fourth-order valence-electron chi connectivity index (χ4n) is 3.10. The van der Waals surface area contributed by atoms with Crippen molar-refractivity contribution in [1.82, 2.24) is 19.8 Å². The lowest BCUT2D eigenvalue weighted by Crippen LogP contribution is -2.51. The first-order valence-corrected chi connectivity index (χ1v) is 8.73. The highest BCUT2D eigenvalue weighted by molar-refractivity contribution is 5.78. The number of nitrogens with zero attached hydrogens (tertiary/aromatic N) is 4. The number of hydrogen-bond donors (Lipinski definition) is 2. The monoisotopic (exact) mass is 374 g/mol. The van der Waals surface area contributed by atoms with Crippen LogP contribution in [0.4, 0.5) is 16.2 Å². The molecule has 0 spiro atoms. The largest absolute Gasteiger partial charge is 0.369 e. The molecule has 0 radical (unpaired) electrons. The van der Waals surface area contributed by atoms with Crippen molar-refractivity contribution in [2.24, 2.45) is 0 Å². The Balaban J connectivity index is 1.50.